The number of halogens is 1. The largest absolute Gasteiger partial charge is 0.383 e. The highest BCUT2D eigenvalue weighted by Gasteiger charge is 2.12. The van der Waals surface area contributed by atoms with E-state index in [9.17, 15) is 0 Å². The van der Waals surface area contributed by atoms with E-state index in [1.165, 1.54) is 11.1 Å². The van der Waals surface area contributed by atoms with E-state index in [1.54, 1.807) is 7.11 Å². The van der Waals surface area contributed by atoms with Crippen molar-refractivity contribution in [3.63, 3.8) is 0 Å². The molecule has 162 valence electrons. The van der Waals surface area contributed by atoms with E-state index in [1.807, 2.05) is 11.6 Å². The molecular weight excluding hydrogens is 477 g/mol. The van der Waals surface area contributed by atoms with Crippen molar-refractivity contribution in [2.75, 3.05) is 20.3 Å². The molecular formula is C22H36IN5O. The second kappa shape index (κ2) is 13.6. The lowest BCUT2D eigenvalue weighted by atomic mass is 10.1. The second-order valence-electron chi connectivity index (χ2n) is 7.13. The zero-order chi connectivity index (χ0) is 20.4. The third-order valence-electron chi connectivity index (χ3n) is 4.87. The first-order chi connectivity index (χ1) is 13.5. The van der Waals surface area contributed by atoms with Crippen LogP contribution < -0.4 is 10.6 Å². The first kappa shape index (κ1) is 25.4. The number of methoxy groups -OCH3 is 1. The van der Waals surface area contributed by atoms with Gasteiger partial charge in [-0.1, -0.05) is 30.3 Å². The topological polar surface area (TPSA) is 63.5 Å². The van der Waals surface area contributed by atoms with Crippen LogP contribution >= 0.6 is 24.0 Å². The number of guanidine groups is 1. The monoisotopic (exact) mass is 513 g/mol. The lowest BCUT2D eigenvalue weighted by Gasteiger charge is -2.18. The maximum Gasteiger partial charge on any atom is 0.191 e. The summed E-state index contributed by atoms with van der Waals surface area (Å²) in [5, 5.41) is 11.5. The molecule has 0 amide bonds. The van der Waals surface area contributed by atoms with Gasteiger partial charge in [0.2, 0.25) is 0 Å². The fourth-order valence-corrected chi connectivity index (χ4v) is 3.17. The van der Waals surface area contributed by atoms with Crippen molar-refractivity contribution in [1.29, 1.82) is 0 Å². The Labute approximate surface area is 192 Å². The average Bonchev–Trinajstić information content (AvgIpc) is 2.96. The highest BCUT2D eigenvalue weighted by atomic mass is 127. The SMILES string of the molecule is CCNC(=NCc1c(C)nn(CCOC)c1C)NC(C)CCc1ccccc1.I. The van der Waals surface area contributed by atoms with E-state index in [0.717, 1.165) is 43.3 Å². The summed E-state index contributed by atoms with van der Waals surface area (Å²) in [7, 11) is 1.71. The molecule has 0 aliphatic heterocycles. The lowest BCUT2D eigenvalue weighted by Crippen LogP contribution is -2.42. The quantitative estimate of drug-likeness (QED) is 0.288. The summed E-state index contributed by atoms with van der Waals surface area (Å²) < 4.78 is 7.18. The Hall–Kier alpha value is -1.61. The van der Waals surface area contributed by atoms with Gasteiger partial charge < -0.3 is 15.4 Å². The van der Waals surface area contributed by atoms with Crippen molar-refractivity contribution >= 4 is 29.9 Å². The number of rotatable bonds is 10. The predicted octanol–water partition coefficient (Wildman–Crippen LogP) is 3.84. The molecule has 1 unspecified atom stereocenters. The van der Waals surface area contributed by atoms with Gasteiger partial charge in [0.1, 0.15) is 0 Å². The third-order valence-corrected chi connectivity index (χ3v) is 4.87. The standard InChI is InChI=1S/C22H35N5O.HI/c1-6-23-22(25-17(2)12-13-20-10-8-7-9-11-20)24-16-21-18(3)26-27(19(21)4)14-15-28-5;/h7-11,17H,6,12-16H2,1-5H3,(H2,23,24,25);1H. The number of hydrogen-bond acceptors (Lipinski definition) is 3. The molecule has 0 aliphatic rings. The molecule has 1 heterocycles. The Morgan fingerprint density at radius 1 is 1.24 bits per heavy atom. The van der Waals surface area contributed by atoms with Gasteiger partial charge in [0.25, 0.3) is 0 Å². The van der Waals surface area contributed by atoms with E-state index in [4.69, 9.17) is 9.73 Å². The van der Waals surface area contributed by atoms with Crippen molar-refractivity contribution in [2.24, 2.45) is 4.99 Å². The van der Waals surface area contributed by atoms with E-state index in [-0.39, 0.29) is 24.0 Å². The maximum atomic E-state index is 5.17. The average molecular weight is 513 g/mol. The molecule has 7 heteroatoms. The van der Waals surface area contributed by atoms with Crippen molar-refractivity contribution < 1.29 is 4.74 Å². The number of aryl methyl sites for hydroxylation is 2. The molecule has 2 N–H and O–H groups in total. The number of hydrogen-bond donors (Lipinski definition) is 2. The Bertz CT molecular complexity index is 745. The van der Waals surface area contributed by atoms with Crippen LogP contribution in [-0.4, -0.2) is 42.0 Å². The highest BCUT2D eigenvalue weighted by molar-refractivity contribution is 14.0. The van der Waals surface area contributed by atoms with Crippen LogP contribution in [0.1, 0.15) is 42.8 Å². The van der Waals surface area contributed by atoms with Crippen LogP contribution in [0, 0.1) is 13.8 Å². The summed E-state index contributed by atoms with van der Waals surface area (Å²) in [4.78, 5) is 4.80. The number of nitrogens with zero attached hydrogens (tertiary/aromatic N) is 3. The minimum atomic E-state index is 0. The maximum absolute atomic E-state index is 5.17. The minimum absolute atomic E-state index is 0. The summed E-state index contributed by atoms with van der Waals surface area (Å²) in [5.74, 6) is 0.853. The normalized spacial score (nSPS) is 12.4. The molecule has 0 saturated heterocycles. The second-order valence-corrected chi connectivity index (χ2v) is 7.13. The molecule has 0 spiro atoms. The highest BCUT2D eigenvalue weighted by Crippen LogP contribution is 2.14. The van der Waals surface area contributed by atoms with Gasteiger partial charge in [-0.2, -0.15) is 5.10 Å². The molecule has 0 aliphatic carbocycles. The molecule has 0 fully saturated rings. The zero-order valence-electron chi connectivity index (χ0n) is 18.4. The zero-order valence-corrected chi connectivity index (χ0v) is 20.7. The number of aliphatic imine (C=N–C) groups is 1. The van der Waals surface area contributed by atoms with Gasteiger partial charge in [-0.25, -0.2) is 4.99 Å². The number of aromatic nitrogens is 2. The number of ether oxygens (including phenoxy) is 1. The van der Waals surface area contributed by atoms with Gasteiger partial charge >= 0.3 is 0 Å². The summed E-state index contributed by atoms with van der Waals surface area (Å²) in [6.45, 7) is 11.3. The van der Waals surface area contributed by atoms with Gasteiger partial charge in [0.05, 0.1) is 25.4 Å². The Morgan fingerprint density at radius 2 is 1.97 bits per heavy atom. The molecule has 1 aromatic heterocycles. The van der Waals surface area contributed by atoms with Gasteiger partial charge in [0.15, 0.2) is 5.96 Å². The van der Waals surface area contributed by atoms with Gasteiger partial charge in [-0.15, -0.1) is 24.0 Å². The number of benzene rings is 1. The summed E-state index contributed by atoms with van der Waals surface area (Å²) in [6.07, 6.45) is 2.11. The van der Waals surface area contributed by atoms with E-state index >= 15 is 0 Å². The van der Waals surface area contributed by atoms with E-state index in [2.05, 4.69) is 66.8 Å². The fourth-order valence-electron chi connectivity index (χ4n) is 3.17. The molecule has 0 radical (unpaired) electrons. The molecule has 6 nitrogen and oxygen atoms in total. The van der Waals surface area contributed by atoms with Crippen LogP contribution in [0.5, 0.6) is 0 Å². The predicted molar refractivity (Wildman–Crippen MR) is 131 cm³/mol. The molecule has 1 atom stereocenters. The van der Waals surface area contributed by atoms with Gasteiger partial charge in [-0.3, -0.25) is 4.68 Å². The Morgan fingerprint density at radius 3 is 2.62 bits per heavy atom. The first-order valence-corrected chi connectivity index (χ1v) is 10.2. The molecule has 2 aromatic rings. The molecule has 1 aromatic carbocycles. The molecule has 2 rings (SSSR count). The van der Waals surface area contributed by atoms with Crippen LogP contribution in [0.4, 0.5) is 0 Å². The fraction of sp³-hybridized carbons (Fsp3) is 0.545. The Balaban J connectivity index is 0.00000420. The van der Waals surface area contributed by atoms with Crippen molar-refractivity contribution in [2.45, 2.75) is 59.7 Å². The van der Waals surface area contributed by atoms with Crippen LogP contribution in [-0.2, 0) is 24.2 Å². The van der Waals surface area contributed by atoms with E-state index < -0.39 is 0 Å². The van der Waals surface area contributed by atoms with Crippen LogP contribution in [0.15, 0.2) is 35.3 Å². The summed E-state index contributed by atoms with van der Waals surface area (Å²) in [5.41, 5.74) is 4.75. The van der Waals surface area contributed by atoms with Crippen molar-refractivity contribution in [3.05, 3.63) is 52.8 Å². The molecule has 0 saturated carbocycles. The van der Waals surface area contributed by atoms with Crippen LogP contribution in [0.2, 0.25) is 0 Å². The van der Waals surface area contributed by atoms with Crippen molar-refractivity contribution in [1.82, 2.24) is 20.4 Å². The van der Waals surface area contributed by atoms with Crippen LogP contribution in [0.25, 0.3) is 0 Å². The first-order valence-electron chi connectivity index (χ1n) is 10.2. The molecule has 0 bridgehead atoms. The summed E-state index contributed by atoms with van der Waals surface area (Å²) in [6, 6.07) is 10.9. The minimum Gasteiger partial charge on any atom is -0.383 e. The van der Waals surface area contributed by atoms with Crippen LogP contribution in [0.3, 0.4) is 0 Å². The smallest absolute Gasteiger partial charge is 0.191 e. The molecule has 29 heavy (non-hydrogen) atoms. The van der Waals surface area contributed by atoms with Gasteiger partial charge in [-0.05, 0) is 46.1 Å². The van der Waals surface area contributed by atoms with E-state index in [0.29, 0.717) is 19.2 Å². The lowest BCUT2D eigenvalue weighted by molar-refractivity contribution is 0.182. The van der Waals surface area contributed by atoms with Gasteiger partial charge in [0, 0.05) is 31.0 Å². The Kier molecular flexibility index (Phi) is 11.9. The van der Waals surface area contributed by atoms with Crippen molar-refractivity contribution in [3.8, 4) is 0 Å². The third kappa shape index (κ3) is 8.34. The summed E-state index contributed by atoms with van der Waals surface area (Å²) >= 11 is 0. The number of nitrogens with one attached hydrogen (secondary N) is 2.